The molecule has 5 aromatic rings. The highest BCUT2D eigenvalue weighted by Crippen LogP contribution is 2.28. The lowest BCUT2D eigenvalue weighted by molar-refractivity contribution is 0.601. The fourth-order valence-corrected chi connectivity index (χ4v) is 5.41. The predicted molar refractivity (Wildman–Crippen MR) is 140 cm³/mol. The summed E-state index contributed by atoms with van der Waals surface area (Å²) < 4.78 is 34.6. The normalized spacial score (nSPS) is 11.5. The van der Waals surface area contributed by atoms with E-state index in [2.05, 4.69) is 9.82 Å². The van der Waals surface area contributed by atoms with Gasteiger partial charge in [-0.3, -0.25) is 18.9 Å². The van der Waals surface area contributed by atoms with Gasteiger partial charge in [0.2, 0.25) is 0 Å². The molecule has 0 spiro atoms. The van der Waals surface area contributed by atoms with Gasteiger partial charge in [0.15, 0.2) is 0 Å². The van der Waals surface area contributed by atoms with Crippen LogP contribution in [0, 0.1) is 6.92 Å². The molecule has 36 heavy (non-hydrogen) atoms. The van der Waals surface area contributed by atoms with Crippen LogP contribution in [0.2, 0.25) is 0 Å². The number of anilines is 1. The standard InChI is InChI=1S/C27H25N5O3S/c1-20-25(27(33)32(30(20)2)23-16-10-5-11-17-23)29-36(34,35)24-19-31(18-21-12-6-3-7-13-21)28-26(24)22-14-8-4-9-15-22/h3-17,19,29H,18H2,1-2H3. The largest absolute Gasteiger partial charge is 0.296 e. The Morgan fingerprint density at radius 1 is 0.861 bits per heavy atom. The van der Waals surface area contributed by atoms with E-state index < -0.39 is 15.6 Å². The maximum absolute atomic E-state index is 13.7. The number of rotatable bonds is 7. The Hall–Kier alpha value is -4.37. The van der Waals surface area contributed by atoms with Gasteiger partial charge in [-0.15, -0.1) is 0 Å². The molecule has 2 aromatic heterocycles. The number of sulfonamides is 1. The average molecular weight is 500 g/mol. The molecule has 5 rings (SSSR count). The molecule has 0 fully saturated rings. The van der Waals surface area contributed by atoms with E-state index in [-0.39, 0.29) is 10.6 Å². The average Bonchev–Trinajstić information content (AvgIpc) is 3.41. The van der Waals surface area contributed by atoms with Crippen molar-refractivity contribution < 1.29 is 8.42 Å². The molecule has 0 aliphatic rings. The van der Waals surface area contributed by atoms with Crippen molar-refractivity contribution in [2.24, 2.45) is 7.05 Å². The molecule has 0 saturated carbocycles. The molecule has 182 valence electrons. The summed E-state index contributed by atoms with van der Waals surface area (Å²) in [5.74, 6) is 0. The quantitative estimate of drug-likeness (QED) is 0.363. The van der Waals surface area contributed by atoms with Crippen molar-refractivity contribution in [3.05, 3.63) is 119 Å². The third kappa shape index (κ3) is 4.36. The maximum Gasteiger partial charge on any atom is 0.296 e. The third-order valence-corrected chi connectivity index (χ3v) is 7.39. The molecule has 0 saturated heterocycles. The van der Waals surface area contributed by atoms with E-state index in [9.17, 15) is 13.2 Å². The second kappa shape index (κ2) is 9.35. The zero-order valence-corrected chi connectivity index (χ0v) is 20.7. The van der Waals surface area contributed by atoms with Crippen molar-refractivity contribution in [1.29, 1.82) is 0 Å². The van der Waals surface area contributed by atoms with E-state index in [1.165, 1.54) is 10.9 Å². The van der Waals surface area contributed by atoms with Crippen LogP contribution in [-0.2, 0) is 23.6 Å². The molecular weight excluding hydrogens is 474 g/mol. The Morgan fingerprint density at radius 3 is 2.08 bits per heavy atom. The van der Waals surface area contributed by atoms with E-state index >= 15 is 0 Å². The number of hydrogen-bond donors (Lipinski definition) is 1. The molecule has 3 aromatic carbocycles. The second-order valence-corrected chi connectivity index (χ2v) is 10.1. The van der Waals surface area contributed by atoms with Crippen LogP contribution >= 0.6 is 0 Å². The maximum atomic E-state index is 13.7. The molecule has 9 heteroatoms. The summed E-state index contributed by atoms with van der Waals surface area (Å²) in [6.45, 7) is 2.11. The zero-order valence-electron chi connectivity index (χ0n) is 19.9. The van der Waals surface area contributed by atoms with Gasteiger partial charge in [-0.2, -0.15) is 5.10 Å². The summed E-state index contributed by atoms with van der Waals surface area (Å²) in [6, 6.07) is 27.9. The van der Waals surface area contributed by atoms with Gasteiger partial charge >= 0.3 is 0 Å². The molecule has 0 radical (unpaired) electrons. The van der Waals surface area contributed by atoms with E-state index in [1.54, 1.807) is 35.5 Å². The van der Waals surface area contributed by atoms with Crippen molar-refractivity contribution in [3.8, 4) is 16.9 Å². The van der Waals surface area contributed by atoms with Crippen molar-refractivity contribution in [2.75, 3.05) is 4.72 Å². The Bertz CT molecular complexity index is 1670. The van der Waals surface area contributed by atoms with Crippen LogP contribution < -0.4 is 10.3 Å². The molecule has 1 N–H and O–H groups in total. The summed E-state index contributed by atoms with van der Waals surface area (Å²) in [7, 11) is -2.44. The molecule has 2 heterocycles. The van der Waals surface area contributed by atoms with Crippen molar-refractivity contribution in [2.45, 2.75) is 18.4 Å². The van der Waals surface area contributed by atoms with Crippen molar-refractivity contribution in [3.63, 3.8) is 0 Å². The van der Waals surface area contributed by atoms with Crippen LogP contribution in [0.4, 0.5) is 5.69 Å². The number of benzene rings is 3. The summed E-state index contributed by atoms with van der Waals surface area (Å²) >= 11 is 0. The molecule has 0 aliphatic carbocycles. The number of nitrogens with one attached hydrogen (secondary N) is 1. The molecule has 8 nitrogen and oxygen atoms in total. The van der Waals surface area contributed by atoms with Gasteiger partial charge < -0.3 is 0 Å². The SMILES string of the molecule is Cc1c(NS(=O)(=O)c2cn(Cc3ccccc3)nc2-c2ccccc2)c(=O)n(-c2ccccc2)n1C. The Kier molecular flexibility index (Phi) is 6.07. The minimum atomic E-state index is -4.15. The van der Waals surface area contributed by atoms with E-state index in [0.717, 1.165) is 5.56 Å². The first-order valence-electron chi connectivity index (χ1n) is 11.4. The van der Waals surface area contributed by atoms with Crippen LogP contribution in [0.15, 0.2) is 107 Å². The van der Waals surface area contributed by atoms with E-state index in [4.69, 9.17) is 0 Å². The molecule has 0 amide bonds. The fraction of sp³-hybridized carbons (Fsp3) is 0.111. The summed E-state index contributed by atoms with van der Waals surface area (Å²) in [6.07, 6.45) is 1.51. The summed E-state index contributed by atoms with van der Waals surface area (Å²) in [5.41, 5.74) is 2.64. The molecule has 0 bridgehead atoms. The molecule has 0 aliphatic heterocycles. The highest BCUT2D eigenvalue weighted by molar-refractivity contribution is 7.92. The van der Waals surface area contributed by atoms with Gasteiger partial charge in [0.1, 0.15) is 16.3 Å². The minimum Gasteiger partial charge on any atom is -0.283 e. The van der Waals surface area contributed by atoms with Crippen LogP contribution in [0.25, 0.3) is 16.9 Å². The zero-order chi connectivity index (χ0) is 25.3. The van der Waals surface area contributed by atoms with Gasteiger partial charge in [0.05, 0.1) is 17.9 Å². The Balaban J connectivity index is 1.58. The highest BCUT2D eigenvalue weighted by Gasteiger charge is 2.27. The summed E-state index contributed by atoms with van der Waals surface area (Å²) in [4.78, 5) is 13.3. The number of hydrogen-bond acceptors (Lipinski definition) is 4. The lowest BCUT2D eigenvalue weighted by atomic mass is 10.2. The highest BCUT2D eigenvalue weighted by atomic mass is 32.2. The first-order valence-corrected chi connectivity index (χ1v) is 12.9. The van der Waals surface area contributed by atoms with Crippen molar-refractivity contribution >= 4 is 15.7 Å². The molecule has 0 unspecified atom stereocenters. The topological polar surface area (TPSA) is 90.9 Å². The third-order valence-electron chi connectivity index (χ3n) is 6.04. The lowest BCUT2D eigenvalue weighted by Crippen LogP contribution is -2.23. The van der Waals surface area contributed by atoms with Gasteiger partial charge in [-0.25, -0.2) is 13.1 Å². The Labute approximate surface area is 209 Å². The predicted octanol–water partition coefficient (Wildman–Crippen LogP) is 4.20. The fourth-order valence-electron chi connectivity index (χ4n) is 4.12. The number of aromatic nitrogens is 4. The van der Waals surface area contributed by atoms with Gasteiger partial charge in [0, 0.05) is 18.8 Å². The first kappa shape index (κ1) is 23.4. The number of nitrogens with zero attached hydrogens (tertiary/aromatic N) is 4. The first-order chi connectivity index (χ1) is 17.3. The number of para-hydroxylation sites is 1. The Morgan fingerprint density at radius 2 is 1.44 bits per heavy atom. The smallest absolute Gasteiger partial charge is 0.283 e. The molecule has 0 atom stereocenters. The summed E-state index contributed by atoms with van der Waals surface area (Å²) in [5, 5.41) is 4.61. The lowest BCUT2D eigenvalue weighted by Gasteiger charge is -2.07. The van der Waals surface area contributed by atoms with Crippen LogP contribution in [0.1, 0.15) is 11.3 Å². The van der Waals surface area contributed by atoms with E-state index in [1.807, 2.05) is 78.9 Å². The van der Waals surface area contributed by atoms with Gasteiger partial charge in [-0.05, 0) is 24.6 Å². The minimum absolute atomic E-state index is 0.00135. The van der Waals surface area contributed by atoms with Crippen LogP contribution in [0.3, 0.4) is 0 Å². The van der Waals surface area contributed by atoms with E-state index in [0.29, 0.717) is 29.2 Å². The molecular formula is C27H25N5O3S. The van der Waals surface area contributed by atoms with Gasteiger partial charge in [0.25, 0.3) is 15.6 Å². The van der Waals surface area contributed by atoms with Crippen LogP contribution in [-0.4, -0.2) is 27.6 Å². The second-order valence-electron chi connectivity index (χ2n) is 8.43. The van der Waals surface area contributed by atoms with Gasteiger partial charge in [-0.1, -0.05) is 78.9 Å². The van der Waals surface area contributed by atoms with Crippen molar-refractivity contribution in [1.82, 2.24) is 19.1 Å². The van der Waals surface area contributed by atoms with Crippen LogP contribution in [0.5, 0.6) is 0 Å². The monoisotopic (exact) mass is 499 g/mol.